The van der Waals surface area contributed by atoms with Gasteiger partial charge in [-0.3, -0.25) is 4.79 Å². The lowest BCUT2D eigenvalue weighted by atomic mass is 9.87. The van der Waals surface area contributed by atoms with E-state index in [9.17, 15) is 18.7 Å². The lowest BCUT2D eigenvalue weighted by Crippen LogP contribution is -2.42. The molecule has 0 spiro atoms. The first-order valence-electron chi connectivity index (χ1n) is 8.20. The van der Waals surface area contributed by atoms with E-state index in [1.165, 1.54) is 11.0 Å². The van der Waals surface area contributed by atoms with Gasteiger partial charge in [0.2, 0.25) is 0 Å². The van der Waals surface area contributed by atoms with Crippen LogP contribution in [0.3, 0.4) is 0 Å². The van der Waals surface area contributed by atoms with E-state index in [4.69, 9.17) is 0 Å². The smallest absolute Gasteiger partial charge is 0.268 e. The summed E-state index contributed by atoms with van der Waals surface area (Å²) < 4.78 is 27.6. The van der Waals surface area contributed by atoms with Gasteiger partial charge >= 0.3 is 0 Å². The molecule has 0 aliphatic carbocycles. The highest BCUT2D eigenvalue weighted by molar-refractivity contribution is 9.10. The van der Waals surface area contributed by atoms with Gasteiger partial charge in [0.15, 0.2) is 17.2 Å². The lowest BCUT2D eigenvalue weighted by Gasteiger charge is -2.24. The SMILES string of the molecule is CN(C)CCCN1C(=O)C(O)(c2ccc(F)c(F)c2)c2c(Br)cccc21. The monoisotopic (exact) mass is 424 g/mol. The number of fused-ring (bicyclic) bond motifs is 1. The van der Waals surface area contributed by atoms with Crippen LogP contribution in [-0.2, 0) is 10.4 Å². The molecule has 0 radical (unpaired) electrons. The molecule has 1 atom stereocenters. The summed E-state index contributed by atoms with van der Waals surface area (Å²) in [6.07, 6.45) is 0.707. The lowest BCUT2D eigenvalue weighted by molar-refractivity contribution is -0.132. The average molecular weight is 425 g/mol. The van der Waals surface area contributed by atoms with Gasteiger partial charge in [0.1, 0.15) is 0 Å². The van der Waals surface area contributed by atoms with E-state index in [0.717, 1.165) is 18.7 Å². The Morgan fingerprint density at radius 2 is 1.92 bits per heavy atom. The third-order valence-corrected chi connectivity index (χ3v) is 5.18. The molecule has 2 aromatic rings. The number of benzene rings is 2. The maximum atomic E-state index is 13.8. The van der Waals surface area contributed by atoms with E-state index in [0.29, 0.717) is 28.7 Å². The Balaban J connectivity index is 2.09. The van der Waals surface area contributed by atoms with Crippen molar-refractivity contribution in [3.8, 4) is 0 Å². The molecule has 0 aromatic heterocycles. The fourth-order valence-electron chi connectivity index (χ4n) is 3.26. The van der Waals surface area contributed by atoms with Crippen molar-refractivity contribution in [3.63, 3.8) is 0 Å². The Labute approximate surface area is 159 Å². The summed E-state index contributed by atoms with van der Waals surface area (Å²) in [6.45, 7) is 1.18. The normalized spacial score (nSPS) is 19.3. The van der Waals surface area contributed by atoms with Gasteiger partial charge in [-0.05, 0) is 51.3 Å². The van der Waals surface area contributed by atoms with Crippen molar-refractivity contribution < 1.29 is 18.7 Å². The first-order valence-corrected chi connectivity index (χ1v) is 8.99. The fourth-order valence-corrected chi connectivity index (χ4v) is 3.91. The zero-order valence-corrected chi connectivity index (χ0v) is 16.1. The maximum Gasteiger partial charge on any atom is 0.268 e. The van der Waals surface area contributed by atoms with Crippen LogP contribution in [0.15, 0.2) is 40.9 Å². The molecule has 1 amide bonds. The van der Waals surface area contributed by atoms with Crippen molar-refractivity contribution >= 4 is 27.5 Å². The Morgan fingerprint density at radius 1 is 1.19 bits per heavy atom. The van der Waals surface area contributed by atoms with Crippen LogP contribution in [0.1, 0.15) is 17.5 Å². The van der Waals surface area contributed by atoms with Gasteiger partial charge in [-0.2, -0.15) is 0 Å². The molecule has 1 heterocycles. The number of nitrogens with zero attached hydrogens (tertiary/aromatic N) is 2. The molecule has 138 valence electrons. The summed E-state index contributed by atoms with van der Waals surface area (Å²) >= 11 is 3.38. The van der Waals surface area contributed by atoms with E-state index < -0.39 is 23.1 Å². The van der Waals surface area contributed by atoms with Crippen LogP contribution in [0, 0.1) is 11.6 Å². The number of hydrogen-bond donors (Lipinski definition) is 1. The van der Waals surface area contributed by atoms with Gasteiger partial charge in [-0.25, -0.2) is 8.78 Å². The van der Waals surface area contributed by atoms with Gasteiger partial charge in [-0.1, -0.05) is 28.1 Å². The summed E-state index contributed by atoms with van der Waals surface area (Å²) in [4.78, 5) is 16.6. The van der Waals surface area contributed by atoms with Crippen molar-refractivity contribution in [1.82, 2.24) is 4.90 Å². The summed E-state index contributed by atoms with van der Waals surface area (Å²) in [7, 11) is 3.88. The van der Waals surface area contributed by atoms with Gasteiger partial charge in [0.25, 0.3) is 5.91 Å². The number of carbonyl (C=O) groups is 1. The fraction of sp³-hybridized carbons (Fsp3) is 0.316. The second kappa shape index (κ2) is 7.06. The Kier molecular flexibility index (Phi) is 5.14. The van der Waals surface area contributed by atoms with Crippen LogP contribution in [0.2, 0.25) is 0 Å². The second-order valence-corrected chi connectivity index (χ2v) is 7.44. The molecule has 7 heteroatoms. The van der Waals surface area contributed by atoms with E-state index in [-0.39, 0.29) is 5.56 Å². The third kappa shape index (κ3) is 3.04. The first-order chi connectivity index (χ1) is 12.3. The van der Waals surface area contributed by atoms with Gasteiger partial charge in [-0.15, -0.1) is 0 Å². The van der Waals surface area contributed by atoms with Gasteiger partial charge in [0.05, 0.1) is 5.69 Å². The number of hydrogen-bond acceptors (Lipinski definition) is 3. The molecule has 1 unspecified atom stereocenters. The second-order valence-electron chi connectivity index (χ2n) is 6.59. The molecule has 1 aliphatic heterocycles. The van der Waals surface area contributed by atoms with Crippen molar-refractivity contribution in [2.75, 3.05) is 32.1 Å². The van der Waals surface area contributed by atoms with Crippen molar-refractivity contribution in [2.24, 2.45) is 0 Å². The Morgan fingerprint density at radius 3 is 2.58 bits per heavy atom. The van der Waals surface area contributed by atoms with Crippen LogP contribution < -0.4 is 4.90 Å². The molecule has 4 nitrogen and oxygen atoms in total. The molecular formula is C19H19BrF2N2O2. The molecule has 0 bridgehead atoms. The molecule has 1 N–H and O–H groups in total. The minimum Gasteiger partial charge on any atom is -0.372 e. The zero-order chi connectivity index (χ0) is 19.1. The van der Waals surface area contributed by atoms with Crippen LogP contribution in [0.5, 0.6) is 0 Å². The maximum absolute atomic E-state index is 13.8. The van der Waals surface area contributed by atoms with E-state index in [2.05, 4.69) is 15.9 Å². The number of amides is 1. The molecule has 26 heavy (non-hydrogen) atoms. The number of rotatable bonds is 5. The van der Waals surface area contributed by atoms with E-state index in [1.54, 1.807) is 18.2 Å². The summed E-state index contributed by atoms with van der Waals surface area (Å²) in [6, 6.07) is 8.25. The predicted molar refractivity (Wildman–Crippen MR) is 99.0 cm³/mol. The first kappa shape index (κ1) is 18.9. The largest absolute Gasteiger partial charge is 0.372 e. The molecule has 1 aliphatic rings. The quantitative estimate of drug-likeness (QED) is 0.800. The van der Waals surface area contributed by atoms with Gasteiger partial charge < -0.3 is 14.9 Å². The highest BCUT2D eigenvalue weighted by atomic mass is 79.9. The molecule has 0 saturated carbocycles. The number of anilines is 1. The summed E-state index contributed by atoms with van der Waals surface area (Å²) in [5.41, 5.74) is -1.15. The standard InChI is InChI=1S/C19H19BrF2N2O2/c1-23(2)9-4-10-24-16-6-3-5-13(20)17(16)19(26,18(24)25)12-7-8-14(21)15(22)11-12/h3,5-8,11,26H,4,9-10H2,1-2H3. The molecular weight excluding hydrogens is 406 g/mol. The number of halogens is 3. The topological polar surface area (TPSA) is 43.8 Å². The van der Waals surface area contributed by atoms with Crippen molar-refractivity contribution in [1.29, 1.82) is 0 Å². The van der Waals surface area contributed by atoms with E-state index in [1.807, 2.05) is 19.0 Å². The molecule has 0 fully saturated rings. The minimum absolute atomic E-state index is 0.00431. The highest BCUT2D eigenvalue weighted by Crippen LogP contribution is 2.47. The van der Waals surface area contributed by atoms with Gasteiger partial charge in [0, 0.05) is 22.1 Å². The predicted octanol–water partition coefficient (Wildman–Crippen LogP) is 3.26. The number of carbonyl (C=O) groups excluding carboxylic acids is 1. The minimum atomic E-state index is -2.07. The Hall–Kier alpha value is -1.83. The number of aliphatic hydroxyl groups is 1. The van der Waals surface area contributed by atoms with E-state index >= 15 is 0 Å². The van der Waals surface area contributed by atoms with Crippen LogP contribution >= 0.6 is 15.9 Å². The molecule has 2 aromatic carbocycles. The average Bonchev–Trinajstić information content (AvgIpc) is 2.80. The van der Waals surface area contributed by atoms with Crippen LogP contribution in [0.4, 0.5) is 14.5 Å². The highest BCUT2D eigenvalue weighted by Gasteiger charge is 2.52. The van der Waals surface area contributed by atoms with Crippen LogP contribution in [0.25, 0.3) is 0 Å². The van der Waals surface area contributed by atoms with Crippen molar-refractivity contribution in [2.45, 2.75) is 12.0 Å². The Bertz CT molecular complexity index is 859. The third-order valence-electron chi connectivity index (χ3n) is 4.52. The molecule has 0 saturated heterocycles. The van der Waals surface area contributed by atoms with Crippen molar-refractivity contribution in [3.05, 3.63) is 63.6 Å². The zero-order valence-electron chi connectivity index (χ0n) is 14.5. The summed E-state index contributed by atoms with van der Waals surface area (Å²) in [5.74, 6) is -2.70. The summed E-state index contributed by atoms with van der Waals surface area (Å²) in [5, 5.41) is 11.3. The molecule has 3 rings (SSSR count). The van der Waals surface area contributed by atoms with Crippen LogP contribution in [-0.4, -0.2) is 43.1 Å².